The average molecular weight is 289 g/mol. The van der Waals surface area contributed by atoms with Crippen LogP contribution in [0, 0.1) is 5.82 Å². The lowest BCUT2D eigenvalue weighted by atomic mass is 10.1. The number of benzene rings is 1. The van der Waals surface area contributed by atoms with E-state index >= 15 is 0 Å². The highest BCUT2D eigenvalue weighted by Gasteiger charge is 2.10. The molecule has 114 valence electrons. The van der Waals surface area contributed by atoms with E-state index < -0.39 is 0 Å². The third-order valence-electron chi connectivity index (χ3n) is 3.49. The van der Waals surface area contributed by atoms with Gasteiger partial charge >= 0.3 is 0 Å². The lowest BCUT2D eigenvalue weighted by molar-refractivity contribution is 0.607. The molecule has 3 nitrogen and oxygen atoms in total. The van der Waals surface area contributed by atoms with Gasteiger partial charge in [0.25, 0.3) is 0 Å². The van der Waals surface area contributed by atoms with Gasteiger partial charge in [0.05, 0.1) is 12.7 Å². The van der Waals surface area contributed by atoms with Crippen LogP contribution in [0.25, 0.3) is 0 Å². The zero-order chi connectivity index (χ0) is 15.1. The molecule has 1 aromatic carbocycles. The Morgan fingerprint density at radius 2 is 2.10 bits per heavy atom. The van der Waals surface area contributed by atoms with Gasteiger partial charge in [-0.3, -0.25) is 4.68 Å². The Balaban J connectivity index is 2.14. The Labute approximate surface area is 126 Å². The molecule has 0 bridgehead atoms. The monoisotopic (exact) mass is 289 g/mol. The maximum absolute atomic E-state index is 13.3. The molecular weight excluding hydrogens is 265 g/mol. The summed E-state index contributed by atoms with van der Waals surface area (Å²) in [6.07, 6.45) is 5.14. The molecule has 0 fully saturated rings. The minimum absolute atomic E-state index is 0.193. The molecule has 0 unspecified atom stereocenters. The largest absolute Gasteiger partial charge is 0.313 e. The van der Waals surface area contributed by atoms with Gasteiger partial charge in [-0.2, -0.15) is 5.10 Å². The third-order valence-corrected chi connectivity index (χ3v) is 3.49. The van der Waals surface area contributed by atoms with Crippen molar-refractivity contribution in [2.45, 2.75) is 46.2 Å². The molecular formula is C17H24FN3. The van der Waals surface area contributed by atoms with Crippen molar-refractivity contribution in [3.05, 3.63) is 53.1 Å². The molecule has 0 aliphatic carbocycles. The second-order valence-corrected chi connectivity index (χ2v) is 5.33. The highest BCUT2D eigenvalue weighted by molar-refractivity contribution is 5.21. The number of aromatic nitrogens is 2. The van der Waals surface area contributed by atoms with Crippen molar-refractivity contribution < 1.29 is 4.39 Å². The SMILES string of the molecule is CCCNCc1cnn(Cc2cccc(F)c2)c1CCC. The highest BCUT2D eigenvalue weighted by Crippen LogP contribution is 2.14. The molecule has 2 aromatic rings. The standard InChI is InChI=1S/C17H24FN3/c1-3-6-17-15(11-19-9-4-2)12-20-21(17)13-14-7-5-8-16(18)10-14/h5,7-8,10,12,19H,3-4,6,9,11,13H2,1-2H3. The molecule has 0 aliphatic rings. The van der Waals surface area contributed by atoms with Crippen LogP contribution in [0.3, 0.4) is 0 Å². The maximum atomic E-state index is 13.3. The van der Waals surface area contributed by atoms with Gasteiger partial charge in [-0.15, -0.1) is 0 Å². The number of hydrogen-bond donors (Lipinski definition) is 1. The zero-order valence-electron chi connectivity index (χ0n) is 12.9. The first-order valence-corrected chi connectivity index (χ1v) is 7.73. The molecule has 1 aromatic heterocycles. The predicted octanol–water partition coefficient (Wildman–Crippen LogP) is 3.52. The van der Waals surface area contributed by atoms with Crippen molar-refractivity contribution in [2.75, 3.05) is 6.54 Å². The van der Waals surface area contributed by atoms with Crippen LogP contribution in [0.2, 0.25) is 0 Å². The lowest BCUT2D eigenvalue weighted by Crippen LogP contribution is -2.15. The zero-order valence-corrected chi connectivity index (χ0v) is 12.9. The van der Waals surface area contributed by atoms with Gasteiger partial charge in [0.15, 0.2) is 0 Å². The molecule has 1 heterocycles. The van der Waals surface area contributed by atoms with Crippen molar-refractivity contribution in [1.82, 2.24) is 15.1 Å². The second-order valence-electron chi connectivity index (χ2n) is 5.33. The van der Waals surface area contributed by atoms with Crippen LogP contribution in [0.1, 0.15) is 43.5 Å². The van der Waals surface area contributed by atoms with Crippen molar-refractivity contribution in [2.24, 2.45) is 0 Å². The summed E-state index contributed by atoms with van der Waals surface area (Å²) in [5.74, 6) is -0.193. The number of halogens is 1. The van der Waals surface area contributed by atoms with Crippen LogP contribution in [-0.2, 0) is 19.5 Å². The van der Waals surface area contributed by atoms with E-state index in [4.69, 9.17) is 0 Å². The Hall–Kier alpha value is -1.68. The van der Waals surface area contributed by atoms with E-state index in [1.165, 1.54) is 17.3 Å². The summed E-state index contributed by atoms with van der Waals surface area (Å²) < 4.78 is 15.3. The molecule has 0 amide bonds. The fourth-order valence-corrected chi connectivity index (χ4v) is 2.47. The van der Waals surface area contributed by atoms with Crippen molar-refractivity contribution in [1.29, 1.82) is 0 Å². The Bertz CT molecular complexity index is 563. The topological polar surface area (TPSA) is 29.9 Å². The van der Waals surface area contributed by atoms with Crippen LogP contribution in [0.4, 0.5) is 4.39 Å². The van der Waals surface area contributed by atoms with Gasteiger partial charge in [-0.1, -0.05) is 32.4 Å². The number of nitrogens with zero attached hydrogens (tertiary/aromatic N) is 2. The second kappa shape index (κ2) is 7.93. The molecule has 1 N–H and O–H groups in total. The van der Waals surface area contributed by atoms with E-state index in [1.807, 2.05) is 16.9 Å². The van der Waals surface area contributed by atoms with Crippen LogP contribution in [-0.4, -0.2) is 16.3 Å². The first-order valence-electron chi connectivity index (χ1n) is 7.73. The minimum atomic E-state index is -0.193. The predicted molar refractivity (Wildman–Crippen MR) is 83.7 cm³/mol. The summed E-state index contributed by atoms with van der Waals surface area (Å²) in [5.41, 5.74) is 3.45. The van der Waals surface area contributed by atoms with Crippen molar-refractivity contribution >= 4 is 0 Å². The van der Waals surface area contributed by atoms with E-state index in [1.54, 1.807) is 12.1 Å². The minimum Gasteiger partial charge on any atom is -0.313 e. The van der Waals surface area contributed by atoms with E-state index in [0.717, 1.165) is 37.9 Å². The van der Waals surface area contributed by atoms with Gasteiger partial charge < -0.3 is 5.32 Å². The molecule has 2 rings (SSSR count). The molecule has 0 saturated heterocycles. The Kier molecular flexibility index (Phi) is 5.93. The van der Waals surface area contributed by atoms with Gasteiger partial charge in [0.1, 0.15) is 5.82 Å². The Morgan fingerprint density at radius 3 is 2.81 bits per heavy atom. The molecule has 0 aliphatic heterocycles. The summed E-state index contributed by atoms with van der Waals surface area (Å²) in [5, 5.41) is 7.92. The van der Waals surface area contributed by atoms with E-state index in [9.17, 15) is 4.39 Å². The van der Waals surface area contributed by atoms with Crippen molar-refractivity contribution in [3.8, 4) is 0 Å². The van der Waals surface area contributed by atoms with Crippen LogP contribution >= 0.6 is 0 Å². The summed E-state index contributed by atoms with van der Waals surface area (Å²) in [7, 11) is 0. The van der Waals surface area contributed by atoms with E-state index in [2.05, 4.69) is 24.3 Å². The number of nitrogens with one attached hydrogen (secondary N) is 1. The maximum Gasteiger partial charge on any atom is 0.123 e. The Morgan fingerprint density at radius 1 is 1.24 bits per heavy atom. The summed E-state index contributed by atoms with van der Waals surface area (Å²) in [4.78, 5) is 0. The molecule has 0 spiro atoms. The average Bonchev–Trinajstić information content (AvgIpc) is 2.83. The molecule has 0 radical (unpaired) electrons. The number of rotatable bonds is 8. The summed E-state index contributed by atoms with van der Waals surface area (Å²) >= 11 is 0. The van der Waals surface area contributed by atoms with Gasteiger partial charge in [0, 0.05) is 17.8 Å². The lowest BCUT2D eigenvalue weighted by Gasteiger charge is -2.10. The van der Waals surface area contributed by atoms with E-state index in [0.29, 0.717) is 6.54 Å². The van der Waals surface area contributed by atoms with Crippen LogP contribution in [0.15, 0.2) is 30.5 Å². The quantitative estimate of drug-likeness (QED) is 0.754. The molecule has 21 heavy (non-hydrogen) atoms. The molecule has 0 atom stereocenters. The summed E-state index contributed by atoms with van der Waals surface area (Å²) in [6.45, 7) is 6.82. The highest BCUT2D eigenvalue weighted by atomic mass is 19.1. The van der Waals surface area contributed by atoms with Gasteiger partial charge in [0.2, 0.25) is 0 Å². The van der Waals surface area contributed by atoms with Crippen LogP contribution in [0.5, 0.6) is 0 Å². The summed E-state index contributed by atoms with van der Waals surface area (Å²) in [6, 6.07) is 6.74. The van der Waals surface area contributed by atoms with Crippen molar-refractivity contribution in [3.63, 3.8) is 0 Å². The first kappa shape index (κ1) is 15.7. The normalized spacial score (nSPS) is 11.0. The fraction of sp³-hybridized carbons (Fsp3) is 0.471. The fourth-order valence-electron chi connectivity index (χ4n) is 2.47. The first-order chi connectivity index (χ1) is 10.2. The smallest absolute Gasteiger partial charge is 0.123 e. The molecule has 0 saturated carbocycles. The van der Waals surface area contributed by atoms with Crippen LogP contribution < -0.4 is 5.32 Å². The van der Waals surface area contributed by atoms with Gasteiger partial charge in [-0.05, 0) is 37.1 Å². The number of hydrogen-bond acceptors (Lipinski definition) is 2. The third kappa shape index (κ3) is 4.39. The van der Waals surface area contributed by atoms with E-state index in [-0.39, 0.29) is 5.82 Å². The molecule has 4 heteroatoms. The van der Waals surface area contributed by atoms with Gasteiger partial charge in [-0.25, -0.2) is 4.39 Å².